The summed E-state index contributed by atoms with van der Waals surface area (Å²) in [5, 5.41) is 5.96. The van der Waals surface area contributed by atoms with Gasteiger partial charge in [0.05, 0.1) is 0 Å². The highest BCUT2D eigenvalue weighted by Gasteiger charge is 2.10. The van der Waals surface area contributed by atoms with E-state index in [-0.39, 0.29) is 12.1 Å². The maximum absolute atomic E-state index is 11.7. The van der Waals surface area contributed by atoms with Gasteiger partial charge < -0.3 is 5.32 Å². The van der Waals surface area contributed by atoms with Crippen molar-refractivity contribution < 1.29 is 4.79 Å². The van der Waals surface area contributed by atoms with Crippen LogP contribution < -0.4 is 10.6 Å². The molecule has 1 atom stereocenters. The van der Waals surface area contributed by atoms with Gasteiger partial charge in [-0.1, -0.05) is 36.4 Å². The number of rotatable bonds is 5. The summed E-state index contributed by atoms with van der Waals surface area (Å²) in [6.07, 6.45) is 2.49. The molecule has 5 nitrogen and oxygen atoms in total. The first-order valence-electron chi connectivity index (χ1n) is 6.26. The quantitative estimate of drug-likeness (QED) is 0.830. The van der Waals surface area contributed by atoms with Crippen molar-refractivity contribution in [1.29, 1.82) is 0 Å². The van der Waals surface area contributed by atoms with Gasteiger partial charge in [-0.3, -0.25) is 5.32 Å². The maximum atomic E-state index is 11.7. The molecule has 6 heteroatoms. The SMILES string of the molecule is C=CC[C@@H](C)NC(=O)Nc1nc(-c2ccccc2)ns1. The van der Waals surface area contributed by atoms with Gasteiger partial charge >= 0.3 is 6.03 Å². The van der Waals surface area contributed by atoms with Crippen LogP contribution in [0.1, 0.15) is 13.3 Å². The summed E-state index contributed by atoms with van der Waals surface area (Å²) in [5.74, 6) is 0.616. The summed E-state index contributed by atoms with van der Waals surface area (Å²) in [6.45, 7) is 5.55. The fraction of sp³-hybridized carbons (Fsp3) is 0.214. The molecule has 0 fully saturated rings. The zero-order chi connectivity index (χ0) is 14.4. The highest BCUT2D eigenvalue weighted by molar-refractivity contribution is 7.10. The average Bonchev–Trinajstić information content (AvgIpc) is 2.88. The molecule has 104 valence electrons. The number of amides is 2. The third-order valence-electron chi connectivity index (χ3n) is 2.58. The first kappa shape index (κ1) is 14.2. The Balaban J connectivity index is 1.96. The second-order valence-corrected chi connectivity index (χ2v) is 5.06. The third-order valence-corrected chi connectivity index (χ3v) is 3.21. The summed E-state index contributed by atoms with van der Waals surface area (Å²) < 4.78 is 4.23. The van der Waals surface area contributed by atoms with Crippen LogP contribution in [0.4, 0.5) is 9.93 Å². The van der Waals surface area contributed by atoms with E-state index in [1.54, 1.807) is 6.08 Å². The van der Waals surface area contributed by atoms with Gasteiger partial charge in [0.2, 0.25) is 5.13 Å². The molecule has 2 amide bonds. The molecule has 1 aromatic carbocycles. The van der Waals surface area contributed by atoms with Crippen LogP contribution in [0.2, 0.25) is 0 Å². The predicted molar refractivity (Wildman–Crippen MR) is 81.8 cm³/mol. The van der Waals surface area contributed by atoms with Crippen LogP contribution in [0, 0.1) is 0 Å². The lowest BCUT2D eigenvalue weighted by atomic mass is 10.2. The van der Waals surface area contributed by atoms with E-state index in [0.717, 1.165) is 23.5 Å². The summed E-state index contributed by atoms with van der Waals surface area (Å²) in [7, 11) is 0. The number of carbonyl (C=O) groups excluding carboxylic acids is 1. The van der Waals surface area contributed by atoms with Gasteiger partial charge in [0, 0.05) is 23.1 Å². The number of nitrogens with zero attached hydrogens (tertiary/aromatic N) is 2. The Hall–Kier alpha value is -2.21. The highest BCUT2D eigenvalue weighted by atomic mass is 32.1. The summed E-state index contributed by atoms with van der Waals surface area (Å²) in [6, 6.07) is 9.39. The number of urea groups is 1. The molecule has 0 spiro atoms. The van der Waals surface area contributed by atoms with E-state index < -0.39 is 0 Å². The number of hydrogen-bond acceptors (Lipinski definition) is 4. The van der Waals surface area contributed by atoms with E-state index in [1.165, 1.54) is 0 Å². The minimum absolute atomic E-state index is 0.0361. The van der Waals surface area contributed by atoms with E-state index in [4.69, 9.17) is 0 Å². The van der Waals surface area contributed by atoms with Crippen LogP contribution in [0.15, 0.2) is 43.0 Å². The molecule has 0 unspecified atom stereocenters. The average molecular weight is 288 g/mol. The first-order valence-corrected chi connectivity index (χ1v) is 7.04. The van der Waals surface area contributed by atoms with Gasteiger partial charge in [0.1, 0.15) is 0 Å². The Kier molecular flexibility index (Phi) is 4.84. The van der Waals surface area contributed by atoms with E-state index in [1.807, 2.05) is 37.3 Å². The van der Waals surface area contributed by atoms with E-state index >= 15 is 0 Å². The largest absolute Gasteiger partial charge is 0.335 e. The molecule has 2 rings (SSSR count). The van der Waals surface area contributed by atoms with Gasteiger partial charge in [-0.15, -0.1) is 6.58 Å². The van der Waals surface area contributed by atoms with Gasteiger partial charge in [-0.25, -0.2) is 4.79 Å². The molecule has 0 aliphatic carbocycles. The molecule has 0 bridgehead atoms. The molecular weight excluding hydrogens is 272 g/mol. The Bertz CT molecular complexity index is 582. The Labute approximate surface area is 121 Å². The smallest absolute Gasteiger partial charge is 0.321 e. The van der Waals surface area contributed by atoms with Crippen LogP contribution in [0.5, 0.6) is 0 Å². The fourth-order valence-corrected chi connectivity index (χ4v) is 2.23. The van der Waals surface area contributed by atoms with Crippen LogP contribution in [-0.4, -0.2) is 21.4 Å². The minimum Gasteiger partial charge on any atom is -0.335 e. The fourth-order valence-electron chi connectivity index (χ4n) is 1.64. The summed E-state index contributed by atoms with van der Waals surface area (Å²) in [5.41, 5.74) is 0.928. The number of hydrogen-bond donors (Lipinski definition) is 2. The van der Waals surface area contributed by atoms with Crippen LogP contribution >= 0.6 is 11.5 Å². The van der Waals surface area contributed by atoms with E-state index in [2.05, 4.69) is 26.6 Å². The van der Waals surface area contributed by atoms with Gasteiger partial charge in [-0.2, -0.15) is 9.36 Å². The third kappa shape index (κ3) is 3.89. The van der Waals surface area contributed by atoms with E-state index in [0.29, 0.717) is 11.0 Å². The Morgan fingerprint density at radius 3 is 2.90 bits per heavy atom. The highest BCUT2D eigenvalue weighted by Crippen LogP contribution is 2.20. The second-order valence-electron chi connectivity index (χ2n) is 4.31. The molecule has 1 heterocycles. The van der Waals surface area contributed by atoms with Crippen molar-refractivity contribution in [3.8, 4) is 11.4 Å². The first-order chi connectivity index (χ1) is 9.69. The van der Waals surface area contributed by atoms with Crippen molar-refractivity contribution in [1.82, 2.24) is 14.7 Å². The van der Waals surface area contributed by atoms with Crippen molar-refractivity contribution in [3.05, 3.63) is 43.0 Å². The van der Waals surface area contributed by atoms with Gasteiger partial charge in [0.15, 0.2) is 5.82 Å². The zero-order valence-electron chi connectivity index (χ0n) is 11.2. The van der Waals surface area contributed by atoms with Crippen LogP contribution in [0.3, 0.4) is 0 Å². The molecule has 2 N–H and O–H groups in total. The summed E-state index contributed by atoms with van der Waals surface area (Å²) in [4.78, 5) is 16.0. The molecule has 0 radical (unpaired) electrons. The predicted octanol–water partition coefficient (Wildman–Crippen LogP) is 3.29. The van der Waals surface area contributed by atoms with Crippen molar-refractivity contribution in [2.45, 2.75) is 19.4 Å². The lowest BCUT2D eigenvalue weighted by molar-refractivity contribution is 0.249. The number of benzene rings is 1. The number of anilines is 1. The number of nitrogens with one attached hydrogen (secondary N) is 2. The lowest BCUT2D eigenvalue weighted by Gasteiger charge is -2.10. The standard InChI is InChI=1S/C14H16N4OS/c1-3-7-10(2)15-13(19)17-14-16-12(18-20-14)11-8-5-4-6-9-11/h3-6,8-10H,1,7H2,2H3,(H2,15,16,17,18,19)/t10-/m1/s1. The van der Waals surface area contributed by atoms with Crippen LogP contribution in [-0.2, 0) is 0 Å². The molecular formula is C14H16N4OS. The van der Waals surface area contributed by atoms with Gasteiger partial charge in [0.25, 0.3) is 0 Å². The van der Waals surface area contributed by atoms with Crippen LogP contribution in [0.25, 0.3) is 11.4 Å². The molecule has 0 aliphatic heterocycles. The van der Waals surface area contributed by atoms with Crippen molar-refractivity contribution >= 4 is 22.7 Å². The second kappa shape index (κ2) is 6.81. The van der Waals surface area contributed by atoms with Gasteiger partial charge in [-0.05, 0) is 13.3 Å². The van der Waals surface area contributed by atoms with Crippen molar-refractivity contribution in [2.75, 3.05) is 5.32 Å². The molecule has 0 saturated carbocycles. The lowest BCUT2D eigenvalue weighted by Crippen LogP contribution is -2.35. The molecule has 2 aromatic rings. The molecule has 0 aliphatic rings. The zero-order valence-corrected chi connectivity index (χ0v) is 12.0. The normalized spacial score (nSPS) is 11.7. The number of aromatic nitrogens is 2. The monoisotopic (exact) mass is 288 g/mol. The molecule has 1 aromatic heterocycles. The number of carbonyl (C=O) groups is 1. The van der Waals surface area contributed by atoms with Crippen molar-refractivity contribution in [2.24, 2.45) is 0 Å². The topological polar surface area (TPSA) is 66.9 Å². The van der Waals surface area contributed by atoms with Crippen molar-refractivity contribution in [3.63, 3.8) is 0 Å². The molecule has 20 heavy (non-hydrogen) atoms. The Morgan fingerprint density at radius 2 is 2.20 bits per heavy atom. The van der Waals surface area contributed by atoms with E-state index in [9.17, 15) is 4.79 Å². The molecule has 0 saturated heterocycles. The maximum Gasteiger partial charge on any atom is 0.321 e. The Morgan fingerprint density at radius 1 is 1.45 bits per heavy atom. The summed E-state index contributed by atoms with van der Waals surface area (Å²) >= 11 is 1.16. The minimum atomic E-state index is -0.282.